The molecule has 0 bridgehead atoms. The van der Waals surface area contributed by atoms with Crippen LogP contribution in [0.3, 0.4) is 0 Å². The molecule has 0 saturated carbocycles. The average Bonchev–Trinajstić information content (AvgIpc) is 3.14. The van der Waals surface area contributed by atoms with Crippen LogP contribution in [0, 0.1) is 12.8 Å². The molecule has 9 heteroatoms. The number of Topliss-reactive ketones (excluding diaryl/α,β-unsaturated/α-hetero) is 1. The number of amides is 4. The van der Waals surface area contributed by atoms with Crippen molar-refractivity contribution in [1.29, 1.82) is 0 Å². The van der Waals surface area contributed by atoms with E-state index in [-0.39, 0.29) is 46.2 Å². The predicted molar refractivity (Wildman–Crippen MR) is 111 cm³/mol. The maximum Gasteiger partial charge on any atom is 0.262 e. The Morgan fingerprint density at radius 2 is 1.61 bits per heavy atom. The molecule has 0 aliphatic carbocycles. The van der Waals surface area contributed by atoms with E-state index in [1.165, 1.54) is 26.0 Å². The topological polar surface area (TPSA) is 140 Å². The SMILES string of the molecule is CC(=O)c1c(C)oc(NC(=O)C(CC(C)C)N2C(=O)c3ccccc3C2=O)c1C(N)=O. The van der Waals surface area contributed by atoms with Crippen molar-refractivity contribution in [1.82, 2.24) is 4.90 Å². The van der Waals surface area contributed by atoms with Gasteiger partial charge in [0.25, 0.3) is 17.7 Å². The zero-order valence-electron chi connectivity index (χ0n) is 17.6. The molecule has 31 heavy (non-hydrogen) atoms. The molecule has 4 amide bonds. The van der Waals surface area contributed by atoms with Gasteiger partial charge < -0.3 is 10.2 Å². The Labute approximate surface area is 178 Å². The molecule has 3 N–H and O–H groups in total. The van der Waals surface area contributed by atoms with Gasteiger partial charge in [0.2, 0.25) is 11.8 Å². The Morgan fingerprint density at radius 3 is 2.06 bits per heavy atom. The number of ketones is 1. The van der Waals surface area contributed by atoms with Gasteiger partial charge >= 0.3 is 0 Å². The monoisotopic (exact) mass is 425 g/mol. The summed E-state index contributed by atoms with van der Waals surface area (Å²) in [6.45, 7) is 6.40. The number of nitrogens with two attached hydrogens (primary N) is 1. The van der Waals surface area contributed by atoms with Gasteiger partial charge in [-0.25, -0.2) is 0 Å². The third kappa shape index (κ3) is 3.86. The number of carbonyl (C=O) groups is 5. The molecule has 162 valence electrons. The lowest BCUT2D eigenvalue weighted by atomic mass is 10.0. The molecule has 0 radical (unpaired) electrons. The highest BCUT2D eigenvalue weighted by atomic mass is 16.4. The summed E-state index contributed by atoms with van der Waals surface area (Å²) in [5.74, 6) is -3.47. The van der Waals surface area contributed by atoms with E-state index in [2.05, 4.69) is 5.32 Å². The number of carbonyl (C=O) groups excluding carboxylic acids is 5. The highest BCUT2D eigenvalue weighted by Crippen LogP contribution is 2.30. The summed E-state index contributed by atoms with van der Waals surface area (Å²) in [4.78, 5) is 63.7. The van der Waals surface area contributed by atoms with E-state index in [9.17, 15) is 24.0 Å². The number of primary amides is 1. The first-order valence-electron chi connectivity index (χ1n) is 9.76. The molecule has 1 aromatic heterocycles. The highest BCUT2D eigenvalue weighted by Gasteiger charge is 2.43. The quantitative estimate of drug-likeness (QED) is 0.516. The Hall–Kier alpha value is -3.75. The van der Waals surface area contributed by atoms with Gasteiger partial charge in [-0.3, -0.25) is 34.2 Å². The molecular formula is C22H23N3O6. The number of aryl methyl sites for hydroxylation is 1. The first-order valence-corrected chi connectivity index (χ1v) is 9.76. The molecule has 1 atom stereocenters. The van der Waals surface area contributed by atoms with Crippen molar-refractivity contribution in [2.75, 3.05) is 5.32 Å². The summed E-state index contributed by atoms with van der Waals surface area (Å²) in [6, 6.07) is 5.18. The largest absolute Gasteiger partial charge is 0.444 e. The number of imide groups is 1. The van der Waals surface area contributed by atoms with Crippen LogP contribution in [-0.4, -0.2) is 40.4 Å². The minimum absolute atomic E-state index is 0.0241. The molecule has 1 aliphatic heterocycles. The number of fused-ring (bicyclic) bond motifs is 1. The van der Waals surface area contributed by atoms with E-state index in [0.29, 0.717) is 0 Å². The second kappa shape index (κ2) is 8.17. The van der Waals surface area contributed by atoms with Crippen LogP contribution in [0.2, 0.25) is 0 Å². The van der Waals surface area contributed by atoms with Crippen LogP contribution < -0.4 is 11.1 Å². The van der Waals surface area contributed by atoms with Crippen molar-refractivity contribution < 1.29 is 28.4 Å². The van der Waals surface area contributed by atoms with Gasteiger partial charge in [-0.2, -0.15) is 0 Å². The van der Waals surface area contributed by atoms with Gasteiger partial charge in [-0.1, -0.05) is 26.0 Å². The van der Waals surface area contributed by atoms with Crippen molar-refractivity contribution in [3.05, 3.63) is 52.3 Å². The lowest BCUT2D eigenvalue weighted by Crippen LogP contribution is -2.48. The number of rotatable bonds is 7. The normalized spacial score (nSPS) is 14.0. The predicted octanol–water partition coefficient (Wildman–Crippen LogP) is 2.54. The van der Waals surface area contributed by atoms with Crippen molar-refractivity contribution in [3.8, 4) is 0 Å². The van der Waals surface area contributed by atoms with Crippen LogP contribution in [0.5, 0.6) is 0 Å². The van der Waals surface area contributed by atoms with Gasteiger partial charge in [0.05, 0.1) is 16.7 Å². The maximum atomic E-state index is 13.2. The number of nitrogens with zero attached hydrogens (tertiary/aromatic N) is 1. The average molecular weight is 425 g/mol. The molecule has 1 aliphatic rings. The summed E-state index contributed by atoms with van der Waals surface area (Å²) in [5, 5.41) is 2.45. The van der Waals surface area contributed by atoms with Crippen LogP contribution >= 0.6 is 0 Å². The fraction of sp³-hybridized carbons (Fsp3) is 0.318. The van der Waals surface area contributed by atoms with Crippen LogP contribution in [0.25, 0.3) is 0 Å². The minimum atomic E-state index is -1.15. The fourth-order valence-corrected chi connectivity index (χ4v) is 3.75. The summed E-state index contributed by atoms with van der Waals surface area (Å²) >= 11 is 0. The van der Waals surface area contributed by atoms with E-state index in [0.717, 1.165) is 4.90 Å². The number of furan rings is 1. The van der Waals surface area contributed by atoms with Crippen molar-refractivity contribution in [3.63, 3.8) is 0 Å². The molecule has 1 unspecified atom stereocenters. The van der Waals surface area contributed by atoms with Gasteiger partial charge in [0, 0.05) is 0 Å². The van der Waals surface area contributed by atoms with Gasteiger partial charge in [0.1, 0.15) is 17.4 Å². The van der Waals surface area contributed by atoms with E-state index in [1.807, 2.05) is 13.8 Å². The third-order valence-electron chi connectivity index (χ3n) is 5.05. The summed E-state index contributed by atoms with van der Waals surface area (Å²) in [7, 11) is 0. The maximum absolute atomic E-state index is 13.2. The van der Waals surface area contributed by atoms with Crippen LogP contribution in [0.4, 0.5) is 5.88 Å². The van der Waals surface area contributed by atoms with Gasteiger partial charge in [-0.05, 0) is 38.3 Å². The van der Waals surface area contributed by atoms with E-state index in [1.54, 1.807) is 12.1 Å². The Bertz CT molecular complexity index is 1080. The van der Waals surface area contributed by atoms with Crippen molar-refractivity contribution >= 4 is 35.3 Å². The van der Waals surface area contributed by atoms with Crippen molar-refractivity contribution in [2.45, 2.75) is 40.2 Å². The molecule has 9 nitrogen and oxygen atoms in total. The number of anilines is 1. The highest BCUT2D eigenvalue weighted by molar-refractivity contribution is 6.23. The molecule has 0 saturated heterocycles. The standard InChI is InChI=1S/C22H23N3O6/c1-10(2)9-15(25-21(29)13-7-5-6-8-14(13)22(25)30)19(28)24-20-17(18(23)27)16(11(3)26)12(4)31-20/h5-8,10,15H,9H2,1-4H3,(H2,23,27)(H,24,28). The fourth-order valence-electron chi connectivity index (χ4n) is 3.75. The van der Waals surface area contributed by atoms with E-state index < -0.39 is 35.5 Å². The van der Waals surface area contributed by atoms with Crippen LogP contribution in [-0.2, 0) is 4.79 Å². The number of benzene rings is 1. The lowest BCUT2D eigenvalue weighted by molar-refractivity contribution is -0.120. The van der Waals surface area contributed by atoms with E-state index >= 15 is 0 Å². The lowest BCUT2D eigenvalue weighted by Gasteiger charge is -2.26. The number of hydrogen-bond donors (Lipinski definition) is 2. The Kier molecular flexibility index (Phi) is 5.79. The summed E-state index contributed by atoms with van der Waals surface area (Å²) in [5.41, 5.74) is 5.57. The Balaban J connectivity index is 1.99. The summed E-state index contributed by atoms with van der Waals surface area (Å²) < 4.78 is 5.43. The first-order chi connectivity index (χ1) is 14.5. The number of nitrogens with one attached hydrogen (secondary N) is 1. The second-order valence-corrected chi connectivity index (χ2v) is 7.82. The molecule has 2 aromatic rings. The zero-order chi connectivity index (χ0) is 23.0. The van der Waals surface area contributed by atoms with Gasteiger partial charge in [-0.15, -0.1) is 0 Å². The smallest absolute Gasteiger partial charge is 0.262 e. The Morgan fingerprint density at radius 1 is 1.06 bits per heavy atom. The molecule has 3 rings (SSSR count). The molecular weight excluding hydrogens is 402 g/mol. The molecule has 0 spiro atoms. The van der Waals surface area contributed by atoms with Gasteiger partial charge in [0.15, 0.2) is 5.78 Å². The minimum Gasteiger partial charge on any atom is -0.444 e. The molecule has 1 aromatic carbocycles. The van der Waals surface area contributed by atoms with Crippen LogP contribution in [0.15, 0.2) is 28.7 Å². The third-order valence-corrected chi connectivity index (χ3v) is 5.05. The number of hydrogen-bond acceptors (Lipinski definition) is 6. The van der Waals surface area contributed by atoms with Crippen LogP contribution in [0.1, 0.15) is 74.4 Å². The first kappa shape index (κ1) is 21.9. The second-order valence-electron chi connectivity index (χ2n) is 7.82. The zero-order valence-corrected chi connectivity index (χ0v) is 17.6. The van der Waals surface area contributed by atoms with E-state index in [4.69, 9.17) is 10.2 Å². The summed E-state index contributed by atoms with van der Waals surface area (Å²) in [6.07, 6.45) is 0.183. The van der Waals surface area contributed by atoms with Crippen molar-refractivity contribution in [2.24, 2.45) is 11.7 Å². The molecule has 2 heterocycles. The molecule has 0 fully saturated rings.